The molecule has 2 fully saturated rings. The molecule has 0 spiro atoms. The minimum Gasteiger partial charge on any atom is -0.370 e. The van der Waals surface area contributed by atoms with E-state index in [4.69, 9.17) is 23.8 Å². The maximum Gasteiger partial charge on any atom is 0.174 e. The Kier molecular flexibility index (Phi) is 6.53. The van der Waals surface area contributed by atoms with Gasteiger partial charge in [0, 0.05) is 43.4 Å². The average molecular weight is 508 g/mol. The second-order valence-corrected chi connectivity index (χ2v) is 11.2. The number of hydrogen-bond acceptors (Lipinski definition) is 3. The van der Waals surface area contributed by atoms with Gasteiger partial charge in [-0.25, -0.2) is 0 Å². The number of hydrogen-bond donors (Lipinski definition) is 1. The molecule has 4 atom stereocenters. The highest BCUT2D eigenvalue weighted by atomic mass is 35.5. The predicted octanol–water partition coefficient (Wildman–Crippen LogP) is 6.35. The summed E-state index contributed by atoms with van der Waals surface area (Å²) < 4.78 is 2.24. The molecule has 1 N–H and O–H groups in total. The molecule has 0 bridgehead atoms. The molecule has 0 aliphatic carbocycles. The zero-order valence-corrected chi connectivity index (χ0v) is 22.7. The van der Waals surface area contributed by atoms with Gasteiger partial charge in [-0.1, -0.05) is 31.5 Å². The first kappa shape index (κ1) is 24.1. The highest BCUT2D eigenvalue weighted by molar-refractivity contribution is 7.80. The fraction of sp³-hybridized carbons (Fsp3) is 0.429. The molecule has 2 saturated heterocycles. The van der Waals surface area contributed by atoms with Crippen LogP contribution in [-0.2, 0) is 7.05 Å². The molecule has 2 aromatic heterocycles. The summed E-state index contributed by atoms with van der Waals surface area (Å²) in [6, 6.07) is 14.6. The third-order valence-electron chi connectivity index (χ3n) is 7.65. The van der Waals surface area contributed by atoms with E-state index in [9.17, 15) is 0 Å². The third-order valence-corrected chi connectivity index (χ3v) is 8.27. The minimum absolute atomic E-state index is 0.0331. The molecule has 1 aromatic carbocycles. The summed E-state index contributed by atoms with van der Waals surface area (Å²) in [5.41, 5.74) is 6.77. The van der Waals surface area contributed by atoms with Gasteiger partial charge in [-0.3, -0.25) is 4.98 Å². The monoisotopic (exact) mass is 507 g/mol. The van der Waals surface area contributed by atoms with Crippen molar-refractivity contribution < 1.29 is 0 Å². The van der Waals surface area contributed by atoms with Crippen LogP contribution in [0.3, 0.4) is 0 Å². The van der Waals surface area contributed by atoms with Crippen LogP contribution in [0.25, 0.3) is 0 Å². The molecule has 35 heavy (non-hydrogen) atoms. The summed E-state index contributed by atoms with van der Waals surface area (Å²) in [6.45, 7) is 11.0. The maximum atomic E-state index is 6.94. The van der Waals surface area contributed by atoms with Gasteiger partial charge in [-0.2, -0.15) is 0 Å². The summed E-state index contributed by atoms with van der Waals surface area (Å²) in [6.07, 6.45) is 3.11. The smallest absolute Gasteiger partial charge is 0.174 e. The van der Waals surface area contributed by atoms with Crippen LogP contribution < -0.4 is 15.1 Å². The molecule has 184 valence electrons. The van der Waals surface area contributed by atoms with E-state index in [0.29, 0.717) is 16.9 Å². The van der Waals surface area contributed by atoms with Crippen LogP contribution in [0.1, 0.15) is 55.0 Å². The standard InChI is InChI=1S/C28H34ClN5S/c1-17-12-18(2)16-33(15-17)25-10-9-21(14-23(25)29)34-27(22-13-19(3)32(5)20(22)4)26(31-28(34)35)24-8-6-7-11-30-24/h6-11,13-14,17-18,26-27H,12,15-16H2,1-5H3,(H,31,35)/t17-,18+,26-,27+/m1/s1. The van der Waals surface area contributed by atoms with Crippen molar-refractivity contribution in [3.63, 3.8) is 0 Å². The Hall–Kier alpha value is -2.57. The van der Waals surface area contributed by atoms with Gasteiger partial charge >= 0.3 is 0 Å². The number of aryl methyl sites for hydroxylation is 1. The Bertz CT molecular complexity index is 1230. The van der Waals surface area contributed by atoms with Crippen LogP contribution in [0, 0.1) is 25.7 Å². The van der Waals surface area contributed by atoms with E-state index in [0.717, 1.165) is 35.2 Å². The molecule has 0 saturated carbocycles. The van der Waals surface area contributed by atoms with Gasteiger partial charge in [0.25, 0.3) is 0 Å². The van der Waals surface area contributed by atoms with Gasteiger partial charge in [0.2, 0.25) is 0 Å². The Labute approximate surface area is 219 Å². The number of anilines is 2. The highest BCUT2D eigenvalue weighted by Gasteiger charge is 2.42. The van der Waals surface area contributed by atoms with Crippen molar-refractivity contribution in [2.75, 3.05) is 22.9 Å². The third kappa shape index (κ3) is 4.43. The van der Waals surface area contributed by atoms with Crippen LogP contribution in [0.5, 0.6) is 0 Å². The Morgan fingerprint density at radius 2 is 1.80 bits per heavy atom. The van der Waals surface area contributed by atoms with Gasteiger partial charge < -0.3 is 19.7 Å². The number of pyridine rings is 1. The SMILES string of the molecule is Cc1cc([C@H]2[C@@H](c3ccccn3)NC(=S)N2c2ccc(N3C[C@H](C)C[C@H](C)C3)c(Cl)c2)c(C)n1C. The van der Waals surface area contributed by atoms with E-state index in [1.807, 2.05) is 18.3 Å². The van der Waals surface area contributed by atoms with Gasteiger partial charge in [-0.15, -0.1) is 0 Å². The Morgan fingerprint density at radius 1 is 1.06 bits per heavy atom. The lowest BCUT2D eigenvalue weighted by atomic mass is 9.91. The molecule has 3 aromatic rings. The number of rotatable bonds is 4. The molecule has 0 radical (unpaired) electrons. The molecule has 2 aliphatic rings. The Morgan fingerprint density at radius 3 is 2.40 bits per heavy atom. The number of nitrogens with zero attached hydrogens (tertiary/aromatic N) is 4. The van der Waals surface area contributed by atoms with Gasteiger partial charge in [0.05, 0.1) is 28.5 Å². The molecule has 5 nitrogen and oxygen atoms in total. The normalized spacial score (nSPS) is 24.7. The maximum absolute atomic E-state index is 6.94. The van der Waals surface area contributed by atoms with Crippen LogP contribution in [0.4, 0.5) is 11.4 Å². The second-order valence-electron chi connectivity index (χ2n) is 10.4. The topological polar surface area (TPSA) is 36.3 Å². The fourth-order valence-corrected chi connectivity index (χ4v) is 6.53. The van der Waals surface area contributed by atoms with E-state index >= 15 is 0 Å². The highest BCUT2D eigenvalue weighted by Crippen LogP contribution is 2.44. The van der Waals surface area contributed by atoms with Crippen molar-refractivity contribution in [2.45, 2.75) is 46.2 Å². The lowest BCUT2D eigenvalue weighted by molar-refractivity contribution is 0.357. The number of nitrogens with one attached hydrogen (secondary N) is 1. The Balaban J connectivity index is 1.56. The van der Waals surface area contributed by atoms with E-state index in [1.165, 1.54) is 23.4 Å². The quantitative estimate of drug-likeness (QED) is 0.416. The number of aromatic nitrogens is 2. The van der Waals surface area contributed by atoms with Crippen molar-refractivity contribution in [1.29, 1.82) is 0 Å². The largest absolute Gasteiger partial charge is 0.370 e. The lowest BCUT2D eigenvalue weighted by Gasteiger charge is -2.37. The summed E-state index contributed by atoms with van der Waals surface area (Å²) in [7, 11) is 2.11. The van der Waals surface area contributed by atoms with Crippen molar-refractivity contribution >= 4 is 40.3 Å². The molecule has 7 heteroatoms. The first-order valence-electron chi connectivity index (χ1n) is 12.4. The number of halogens is 1. The zero-order valence-electron chi connectivity index (χ0n) is 21.1. The van der Waals surface area contributed by atoms with E-state index < -0.39 is 0 Å². The van der Waals surface area contributed by atoms with Gasteiger partial charge in [0.15, 0.2) is 5.11 Å². The average Bonchev–Trinajstić information content (AvgIpc) is 3.29. The lowest BCUT2D eigenvalue weighted by Crippen LogP contribution is -2.38. The summed E-state index contributed by atoms with van der Waals surface area (Å²) >= 11 is 12.9. The van der Waals surface area contributed by atoms with E-state index in [2.05, 4.69) is 89.7 Å². The van der Waals surface area contributed by atoms with Gasteiger partial charge in [-0.05, 0) is 86.3 Å². The molecular formula is C28H34ClN5S. The van der Waals surface area contributed by atoms with Crippen LogP contribution in [0.2, 0.25) is 5.02 Å². The zero-order chi connectivity index (χ0) is 24.9. The molecule has 0 amide bonds. The van der Waals surface area contributed by atoms with Crippen LogP contribution in [0.15, 0.2) is 48.7 Å². The summed E-state index contributed by atoms with van der Waals surface area (Å²) in [4.78, 5) is 9.33. The molecular weight excluding hydrogens is 474 g/mol. The van der Waals surface area contributed by atoms with E-state index in [-0.39, 0.29) is 12.1 Å². The van der Waals surface area contributed by atoms with Crippen molar-refractivity contribution in [3.8, 4) is 0 Å². The summed E-state index contributed by atoms with van der Waals surface area (Å²) in [5, 5.41) is 5.03. The van der Waals surface area contributed by atoms with Crippen LogP contribution >= 0.6 is 23.8 Å². The molecule has 5 rings (SSSR count). The fourth-order valence-electron chi connectivity index (χ4n) is 5.89. The second kappa shape index (κ2) is 9.47. The number of benzene rings is 1. The van der Waals surface area contributed by atoms with Crippen molar-refractivity contribution in [2.24, 2.45) is 18.9 Å². The molecule has 4 heterocycles. The predicted molar refractivity (Wildman–Crippen MR) is 149 cm³/mol. The van der Waals surface area contributed by atoms with Crippen molar-refractivity contribution in [1.82, 2.24) is 14.9 Å². The first-order valence-corrected chi connectivity index (χ1v) is 13.2. The number of thiocarbonyl (C=S) groups is 1. The minimum atomic E-state index is -0.0635. The first-order chi connectivity index (χ1) is 16.7. The summed E-state index contributed by atoms with van der Waals surface area (Å²) in [5.74, 6) is 1.33. The van der Waals surface area contributed by atoms with E-state index in [1.54, 1.807) is 0 Å². The van der Waals surface area contributed by atoms with Crippen molar-refractivity contribution in [3.05, 3.63) is 76.3 Å². The van der Waals surface area contributed by atoms with Gasteiger partial charge in [0.1, 0.15) is 0 Å². The molecule has 0 unspecified atom stereocenters. The number of piperidine rings is 1. The molecule has 2 aliphatic heterocycles. The van der Waals surface area contributed by atoms with Crippen LogP contribution in [-0.4, -0.2) is 27.8 Å².